The normalized spacial score (nSPS) is 23.3. The van der Waals surface area contributed by atoms with Gasteiger partial charge in [0.25, 0.3) is 0 Å². The highest BCUT2D eigenvalue weighted by Gasteiger charge is 2.17. The molecule has 2 aromatic rings. The van der Waals surface area contributed by atoms with Crippen LogP contribution in [0.15, 0.2) is 24.3 Å². The summed E-state index contributed by atoms with van der Waals surface area (Å²) in [6, 6.07) is 9.11. The average molecular weight is 285 g/mol. The number of hydrogen-bond acceptors (Lipinski definition) is 2. The van der Waals surface area contributed by atoms with Gasteiger partial charge in [-0.25, -0.2) is 4.98 Å². The Bertz CT molecular complexity index is 587. The standard InChI is InChI=1S/C18H27N3/c1-3-21-17-10-5-4-9-16(17)20-18(21)13-19-15-8-6-7-14(2)11-12-15/h4-5,9-10,14-15,19H,3,6-8,11-13H2,1-2H3. The minimum atomic E-state index is 0.667. The van der Waals surface area contributed by atoms with Crippen molar-refractivity contribution in [2.24, 2.45) is 5.92 Å². The highest BCUT2D eigenvalue weighted by atomic mass is 15.1. The molecule has 3 rings (SSSR count). The van der Waals surface area contributed by atoms with Crippen molar-refractivity contribution >= 4 is 11.0 Å². The summed E-state index contributed by atoms with van der Waals surface area (Å²) in [7, 11) is 0. The van der Waals surface area contributed by atoms with E-state index in [-0.39, 0.29) is 0 Å². The van der Waals surface area contributed by atoms with Crippen LogP contribution >= 0.6 is 0 Å². The van der Waals surface area contributed by atoms with Crippen LogP contribution in [-0.4, -0.2) is 15.6 Å². The third-order valence-electron chi connectivity index (χ3n) is 4.86. The lowest BCUT2D eigenvalue weighted by molar-refractivity contribution is 0.438. The van der Waals surface area contributed by atoms with Gasteiger partial charge in [0.05, 0.1) is 17.6 Å². The molecule has 114 valence electrons. The van der Waals surface area contributed by atoms with Crippen molar-refractivity contribution in [3.05, 3.63) is 30.1 Å². The van der Waals surface area contributed by atoms with Crippen molar-refractivity contribution in [3.63, 3.8) is 0 Å². The van der Waals surface area contributed by atoms with Crippen LogP contribution in [0.1, 0.15) is 51.8 Å². The Hall–Kier alpha value is -1.35. The molecule has 3 nitrogen and oxygen atoms in total. The van der Waals surface area contributed by atoms with Gasteiger partial charge in [0.15, 0.2) is 0 Å². The highest BCUT2D eigenvalue weighted by molar-refractivity contribution is 5.75. The van der Waals surface area contributed by atoms with Crippen molar-refractivity contribution in [2.75, 3.05) is 0 Å². The molecular weight excluding hydrogens is 258 g/mol. The van der Waals surface area contributed by atoms with Gasteiger partial charge >= 0.3 is 0 Å². The van der Waals surface area contributed by atoms with E-state index in [0.29, 0.717) is 6.04 Å². The Balaban J connectivity index is 1.70. The number of nitrogens with one attached hydrogen (secondary N) is 1. The fourth-order valence-corrected chi connectivity index (χ4v) is 3.54. The molecule has 0 aliphatic heterocycles. The zero-order chi connectivity index (χ0) is 14.7. The molecule has 1 aromatic carbocycles. The molecule has 0 amide bonds. The van der Waals surface area contributed by atoms with Crippen molar-refractivity contribution in [1.29, 1.82) is 0 Å². The minimum absolute atomic E-state index is 0.667. The SMILES string of the molecule is CCn1c(CNC2CCCC(C)CC2)nc2ccccc21. The molecule has 2 atom stereocenters. The summed E-state index contributed by atoms with van der Waals surface area (Å²) < 4.78 is 2.33. The predicted octanol–water partition coefficient (Wildman–Crippen LogP) is 4.11. The summed E-state index contributed by atoms with van der Waals surface area (Å²) in [6.45, 7) is 6.46. The smallest absolute Gasteiger partial charge is 0.123 e. The largest absolute Gasteiger partial charge is 0.327 e. The van der Waals surface area contributed by atoms with Gasteiger partial charge in [-0.2, -0.15) is 0 Å². The average Bonchev–Trinajstić information content (AvgIpc) is 2.73. The first kappa shape index (κ1) is 14.6. The zero-order valence-corrected chi connectivity index (χ0v) is 13.3. The molecule has 1 heterocycles. The molecule has 1 saturated carbocycles. The summed E-state index contributed by atoms with van der Waals surface area (Å²) in [6.07, 6.45) is 6.75. The van der Waals surface area contributed by atoms with Crippen molar-refractivity contribution in [3.8, 4) is 0 Å². The van der Waals surface area contributed by atoms with Crippen LogP contribution in [0.2, 0.25) is 0 Å². The van der Waals surface area contributed by atoms with Crippen LogP contribution in [0.3, 0.4) is 0 Å². The Labute approximate surface area is 127 Å². The molecule has 1 aliphatic rings. The van der Waals surface area contributed by atoms with E-state index in [4.69, 9.17) is 4.98 Å². The monoisotopic (exact) mass is 285 g/mol. The molecule has 1 aliphatic carbocycles. The fraction of sp³-hybridized carbons (Fsp3) is 0.611. The minimum Gasteiger partial charge on any atom is -0.327 e. The molecule has 1 fully saturated rings. The molecule has 21 heavy (non-hydrogen) atoms. The first-order chi connectivity index (χ1) is 10.3. The highest BCUT2D eigenvalue weighted by Crippen LogP contribution is 2.23. The molecular formula is C18H27N3. The molecule has 2 unspecified atom stereocenters. The maximum Gasteiger partial charge on any atom is 0.123 e. The van der Waals surface area contributed by atoms with E-state index in [2.05, 4.69) is 48.0 Å². The Morgan fingerprint density at radius 2 is 2.05 bits per heavy atom. The first-order valence-electron chi connectivity index (χ1n) is 8.45. The molecule has 1 aromatic heterocycles. The maximum absolute atomic E-state index is 4.81. The molecule has 0 radical (unpaired) electrons. The van der Waals surface area contributed by atoms with E-state index in [9.17, 15) is 0 Å². The zero-order valence-electron chi connectivity index (χ0n) is 13.3. The van der Waals surface area contributed by atoms with Gasteiger partial charge in [0.1, 0.15) is 5.82 Å². The second kappa shape index (κ2) is 6.61. The van der Waals surface area contributed by atoms with Crippen LogP contribution in [0.25, 0.3) is 11.0 Å². The summed E-state index contributed by atoms with van der Waals surface area (Å²) in [5, 5.41) is 3.75. The topological polar surface area (TPSA) is 29.9 Å². The van der Waals surface area contributed by atoms with Gasteiger partial charge in [-0.15, -0.1) is 0 Å². The van der Waals surface area contributed by atoms with Gasteiger partial charge in [0.2, 0.25) is 0 Å². The number of hydrogen-bond donors (Lipinski definition) is 1. The Morgan fingerprint density at radius 1 is 1.19 bits per heavy atom. The Kier molecular flexibility index (Phi) is 4.59. The molecule has 3 heteroatoms. The number of fused-ring (bicyclic) bond motifs is 1. The number of imidazole rings is 1. The summed E-state index contributed by atoms with van der Waals surface area (Å²) in [4.78, 5) is 4.81. The number of nitrogens with zero attached hydrogens (tertiary/aromatic N) is 2. The van der Waals surface area contributed by atoms with Gasteiger partial charge in [-0.1, -0.05) is 31.9 Å². The van der Waals surface area contributed by atoms with Gasteiger partial charge in [-0.3, -0.25) is 0 Å². The lowest BCUT2D eigenvalue weighted by Gasteiger charge is -2.16. The summed E-state index contributed by atoms with van der Waals surface area (Å²) in [5.41, 5.74) is 2.37. The van der Waals surface area contributed by atoms with Crippen LogP contribution in [0, 0.1) is 5.92 Å². The fourth-order valence-electron chi connectivity index (χ4n) is 3.54. The summed E-state index contributed by atoms with van der Waals surface area (Å²) >= 11 is 0. The van der Waals surface area contributed by atoms with E-state index in [1.165, 1.54) is 43.4 Å². The molecule has 0 spiro atoms. The maximum atomic E-state index is 4.81. The van der Waals surface area contributed by atoms with E-state index >= 15 is 0 Å². The van der Waals surface area contributed by atoms with Crippen molar-refractivity contribution < 1.29 is 0 Å². The number of rotatable bonds is 4. The Morgan fingerprint density at radius 3 is 2.90 bits per heavy atom. The van der Waals surface area contributed by atoms with E-state index in [1.54, 1.807) is 0 Å². The third-order valence-corrected chi connectivity index (χ3v) is 4.86. The van der Waals surface area contributed by atoms with E-state index < -0.39 is 0 Å². The lowest BCUT2D eigenvalue weighted by Crippen LogP contribution is -2.29. The molecule has 0 saturated heterocycles. The molecule has 1 N–H and O–H groups in total. The van der Waals surface area contributed by atoms with Crippen LogP contribution in [0.4, 0.5) is 0 Å². The summed E-state index contributed by atoms with van der Waals surface area (Å²) in [5.74, 6) is 2.08. The van der Waals surface area contributed by atoms with Crippen LogP contribution in [-0.2, 0) is 13.1 Å². The number of aryl methyl sites for hydroxylation is 1. The second-order valence-electron chi connectivity index (χ2n) is 6.45. The number of para-hydroxylation sites is 2. The quantitative estimate of drug-likeness (QED) is 0.857. The van der Waals surface area contributed by atoms with Gasteiger partial charge in [-0.05, 0) is 44.2 Å². The predicted molar refractivity (Wildman–Crippen MR) is 88.3 cm³/mol. The lowest BCUT2D eigenvalue weighted by atomic mass is 10.0. The number of aromatic nitrogens is 2. The van der Waals surface area contributed by atoms with Crippen LogP contribution < -0.4 is 5.32 Å². The van der Waals surface area contributed by atoms with E-state index in [1.807, 2.05) is 0 Å². The molecule has 0 bridgehead atoms. The first-order valence-corrected chi connectivity index (χ1v) is 8.45. The van der Waals surface area contributed by atoms with Crippen molar-refractivity contribution in [1.82, 2.24) is 14.9 Å². The van der Waals surface area contributed by atoms with Gasteiger partial charge < -0.3 is 9.88 Å². The number of benzene rings is 1. The van der Waals surface area contributed by atoms with E-state index in [0.717, 1.165) is 24.5 Å². The van der Waals surface area contributed by atoms with Gasteiger partial charge in [0, 0.05) is 12.6 Å². The second-order valence-corrected chi connectivity index (χ2v) is 6.45. The van der Waals surface area contributed by atoms with Crippen molar-refractivity contribution in [2.45, 2.75) is 65.1 Å². The van der Waals surface area contributed by atoms with Crippen LogP contribution in [0.5, 0.6) is 0 Å². The third kappa shape index (κ3) is 3.29.